The Balaban J connectivity index is 2.07. The molecule has 0 aromatic heterocycles. The van der Waals surface area contributed by atoms with E-state index >= 15 is 0 Å². The Kier molecular flexibility index (Phi) is 3.11. The van der Waals surface area contributed by atoms with E-state index in [1.165, 1.54) is 30.4 Å². The van der Waals surface area contributed by atoms with Gasteiger partial charge in [0.2, 0.25) is 0 Å². The van der Waals surface area contributed by atoms with E-state index < -0.39 is 0 Å². The molecule has 1 fully saturated rings. The molecule has 1 nitrogen and oxygen atoms in total. The van der Waals surface area contributed by atoms with Crippen molar-refractivity contribution < 1.29 is 0 Å². The summed E-state index contributed by atoms with van der Waals surface area (Å²) < 4.78 is 0. The maximum absolute atomic E-state index is 6.06. The van der Waals surface area contributed by atoms with E-state index in [1.54, 1.807) is 0 Å². The van der Waals surface area contributed by atoms with Gasteiger partial charge in [-0.05, 0) is 49.1 Å². The van der Waals surface area contributed by atoms with Crippen molar-refractivity contribution in [1.82, 2.24) is 0 Å². The largest absolute Gasteiger partial charge is 0.327 e. The molecule has 15 heavy (non-hydrogen) atoms. The number of rotatable bonds is 2. The van der Waals surface area contributed by atoms with Crippen molar-refractivity contribution in [3.05, 3.63) is 35.4 Å². The number of benzene rings is 1. The second kappa shape index (κ2) is 4.36. The van der Waals surface area contributed by atoms with Gasteiger partial charge in [-0.15, -0.1) is 0 Å². The highest BCUT2D eigenvalue weighted by Gasteiger charge is 2.30. The molecule has 1 saturated carbocycles. The number of hydrogen-bond donors (Lipinski definition) is 1. The predicted molar refractivity (Wildman–Crippen MR) is 64.7 cm³/mol. The lowest BCUT2D eigenvalue weighted by molar-refractivity contribution is 0.390. The van der Waals surface area contributed by atoms with Crippen LogP contribution in [0.25, 0.3) is 0 Å². The van der Waals surface area contributed by atoms with Crippen LogP contribution in [0.3, 0.4) is 0 Å². The molecule has 0 bridgehead atoms. The van der Waals surface area contributed by atoms with E-state index in [1.807, 2.05) is 0 Å². The molecule has 1 aromatic carbocycles. The molecular weight excluding hydrogens is 182 g/mol. The van der Waals surface area contributed by atoms with E-state index in [0.29, 0.717) is 12.0 Å². The zero-order chi connectivity index (χ0) is 10.8. The number of hydrogen-bond acceptors (Lipinski definition) is 1. The Morgan fingerprint density at radius 1 is 1.27 bits per heavy atom. The Morgan fingerprint density at radius 3 is 2.60 bits per heavy atom. The lowest BCUT2D eigenvalue weighted by Crippen LogP contribution is -2.25. The van der Waals surface area contributed by atoms with Crippen LogP contribution in [0.5, 0.6) is 0 Å². The van der Waals surface area contributed by atoms with Gasteiger partial charge in [-0.2, -0.15) is 0 Å². The van der Waals surface area contributed by atoms with Gasteiger partial charge in [0.05, 0.1) is 0 Å². The second-order valence-corrected chi connectivity index (χ2v) is 4.99. The molecule has 0 saturated heterocycles. The highest BCUT2D eigenvalue weighted by Crippen LogP contribution is 2.33. The maximum Gasteiger partial charge on any atom is 0.00673 e. The highest BCUT2D eigenvalue weighted by atomic mass is 14.7. The third kappa shape index (κ3) is 2.23. The lowest BCUT2D eigenvalue weighted by Gasteiger charge is -2.18. The van der Waals surface area contributed by atoms with E-state index in [0.717, 1.165) is 5.92 Å². The van der Waals surface area contributed by atoms with Crippen LogP contribution in [0.15, 0.2) is 24.3 Å². The molecule has 1 heteroatoms. The van der Waals surface area contributed by atoms with Crippen LogP contribution in [-0.4, -0.2) is 6.04 Å². The van der Waals surface area contributed by atoms with E-state index in [4.69, 9.17) is 5.73 Å². The Bertz CT molecular complexity index is 332. The van der Waals surface area contributed by atoms with Crippen molar-refractivity contribution in [1.29, 1.82) is 0 Å². The normalized spacial score (nSPS) is 30.7. The van der Waals surface area contributed by atoms with Crippen molar-refractivity contribution in [2.75, 3.05) is 0 Å². The summed E-state index contributed by atoms with van der Waals surface area (Å²) in [5.74, 6) is 1.48. The quantitative estimate of drug-likeness (QED) is 0.786. The summed E-state index contributed by atoms with van der Waals surface area (Å²) in [6.07, 6.45) is 3.72. The summed E-state index contributed by atoms with van der Waals surface area (Å²) >= 11 is 0. The topological polar surface area (TPSA) is 26.0 Å². The third-order valence-corrected chi connectivity index (χ3v) is 4.03. The van der Waals surface area contributed by atoms with Crippen LogP contribution >= 0.6 is 0 Å². The number of aryl methyl sites for hydroxylation is 1. The summed E-state index contributed by atoms with van der Waals surface area (Å²) in [4.78, 5) is 0. The zero-order valence-corrected chi connectivity index (χ0v) is 9.74. The van der Waals surface area contributed by atoms with Gasteiger partial charge in [0.25, 0.3) is 0 Å². The van der Waals surface area contributed by atoms with Crippen LogP contribution in [0.2, 0.25) is 0 Å². The molecular formula is C14H21N. The van der Waals surface area contributed by atoms with Crippen molar-refractivity contribution in [3.8, 4) is 0 Å². The molecule has 0 radical (unpaired) electrons. The van der Waals surface area contributed by atoms with Gasteiger partial charge < -0.3 is 5.73 Å². The first kappa shape index (κ1) is 10.7. The predicted octanol–water partition coefficient (Wildman–Crippen LogP) is 2.91. The first-order chi connectivity index (χ1) is 7.18. The molecule has 3 unspecified atom stereocenters. The second-order valence-electron chi connectivity index (χ2n) is 4.99. The van der Waals surface area contributed by atoms with Gasteiger partial charge in [-0.3, -0.25) is 0 Å². The average molecular weight is 203 g/mol. The van der Waals surface area contributed by atoms with E-state index in [2.05, 4.69) is 38.1 Å². The van der Waals surface area contributed by atoms with Crippen molar-refractivity contribution in [2.24, 2.45) is 17.6 Å². The Hall–Kier alpha value is -0.820. The molecule has 82 valence electrons. The van der Waals surface area contributed by atoms with Crippen LogP contribution in [0, 0.1) is 18.8 Å². The van der Waals surface area contributed by atoms with Crippen molar-refractivity contribution >= 4 is 0 Å². The first-order valence-corrected chi connectivity index (χ1v) is 5.98. The maximum atomic E-state index is 6.06. The minimum absolute atomic E-state index is 0.430. The fraction of sp³-hybridized carbons (Fsp3) is 0.571. The Morgan fingerprint density at radius 2 is 2.00 bits per heavy atom. The van der Waals surface area contributed by atoms with E-state index in [-0.39, 0.29) is 0 Å². The smallest absolute Gasteiger partial charge is 0.00673 e. The zero-order valence-electron chi connectivity index (χ0n) is 9.74. The summed E-state index contributed by atoms with van der Waals surface area (Å²) in [6.45, 7) is 4.51. The van der Waals surface area contributed by atoms with Gasteiger partial charge in [0.1, 0.15) is 0 Å². The standard InChI is InChI=1S/C14H21N/c1-10-5-3-4-6-12(10)9-13-7-8-14(15)11(13)2/h3-6,11,13-14H,7-9,15H2,1-2H3. The molecule has 2 rings (SSSR count). The fourth-order valence-electron chi connectivity index (χ4n) is 2.69. The monoisotopic (exact) mass is 203 g/mol. The molecule has 0 spiro atoms. The minimum Gasteiger partial charge on any atom is -0.327 e. The van der Waals surface area contributed by atoms with Gasteiger partial charge in [0, 0.05) is 6.04 Å². The summed E-state index contributed by atoms with van der Waals surface area (Å²) in [7, 11) is 0. The van der Waals surface area contributed by atoms with Crippen molar-refractivity contribution in [3.63, 3.8) is 0 Å². The van der Waals surface area contributed by atoms with Crippen LogP contribution in [0.1, 0.15) is 30.9 Å². The molecule has 1 aliphatic rings. The van der Waals surface area contributed by atoms with Gasteiger partial charge in [-0.25, -0.2) is 0 Å². The van der Waals surface area contributed by atoms with Crippen LogP contribution in [0.4, 0.5) is 0 Å². The van der Waals surface area contributed by atoms with Crippen molar-refractivity contribution in [2.45, 2.75) is 39.2 Å². The molecule has 0 aliphatic heterocycles. The summed E-state index contributed by atoms with van der Waals surface area (Å²) in [5.41, 5.74) is 8.98. The molecule has 3 atom stereocenters. The summed E-state index contributed by atoms with van der Waals surface area (Å²) in [5, 5.41) is 0. The van der Waals surface area contributed by atoms with Gasteiger partial charge in [-0.1, -0.05) is 31.2 Å². The van der Waals surface area contributed by atoms with Gasteiger partial charge in [0.15, 0.2) is 0 Å². The molecule has 2 N–H and O–H groups in total. The number of nitrogens with two attached hydrogens (primary N) is 1. The van der Waals surface area contributed by atoms with E-state index in [9.17, 15) is 0 Å². The van der Waals surface area contributed by atoms with Crippen LogP contribution in [-0.2, 0) is 6.42 Å². The minimum atomic E-state index is 0.430. The Labute approximate surface area is 92.7 Å². The highest BCUT2D eigenvalue weighted by molar-refractivity contribution is 5.26. The molecule has 1 aromatic rings. The van der Waals surface area contributed by atoms with Crippen LogP contribution < -0.4 is 5.73 Å². The SMILES string of the molecule is Cc1ccccc1CC1CCC(N)C1C. The molecule has 1 aliphatic carbocycles. The lowest BCUT2D eigenvalue weighted by atomic mass is 9.88. The fourth-order valence-corrected chi connectivity index (χ4v) is 2.69. The first-order valence-electron chi connectivity index (χ1n) is 5.98. The molecule has 0 amide bonds. The van der Waals surface area contributed by atoms with Gasteiger partial charge >= 0.3 is 0 Å². The molecule has 0 heterocycles. The summed E-state index contributed by atoms with van der Waals surface area (Å²) in [6, 6.07) is 9.14. The average Bonchev–Trinajstić information content (AvgIpc) is 2.53. The third-order valence-electron chi connectivity index (χ3n) is 4.03.